The lowest BCUT2D eigenvalue weighted by Gasteiger charge is -2.18. The summed E-state index contributed by atoms with van der Waals surface area (Å²) in [6.07, 6.45) is 50.4. The van der Waals surface area contributed by atoms with Crippen molar-refractivity contribution in [2.45, 2.75) is 161 Å². The molecular weight excluding hydrogens is 715 g/mol. The van der Waals surface area contributed by atoms with Gasteiger partial charge in [0.1, 0.15) is 6.61 Å². The summed E-state index contributed by atoms with van der Waals surface area (Å²) in [5, 5.41) is 9.81. The van der Waals surface area contributed by atoms with Crippen LogP contribution in [0.15, 0.2) is 97.2 Å². The average molecular weight is 789 g/mol. The summed E-state index contributed by atoms with van der Waals surface area (Å²) >= 11 is 0. The molecule has 0 fully saturated rings. The molecule has 0 aliphatic rings. The number of unbranched alkanes of at least 4 members (excludes halogenated alkanes) is 10. The lowest BCUT2D eigenvalue weighted by molar-refractivity contribution is -0.161. The molecule has 1 unspecified atom stereocenters. The van der Waals surface area contributed by atoms with E-state index in [0.717, 1.165) is 64.2 Å². The number of allylic oxidation sites excluding steroid dienone is 14. The van der Waals surface area contributed by atoms with Crippen LogP contribution in [0.2, 0.25) is 0 Å². The summed E-state index contributed by atoms with van der Waals surface area (Å²) in [5.74, 6) is -1.02. The Hall–Kier alpha value is -3.07. The topological polar surface area (TPSA) is 140 Å². The number of ether oxygens (including phenoxy) is 2. The van der Waals surface area contributed by atoms with Crippen molar-refractivity contribution < 1.29 is 43.0 Å². The molecule has 0 radical (unpaired) electrons. The zero-order valence-electron chi connectivity index (χ0n) is 33.9. The van der Waals surface area contributed by atoms with E-state index in [1.165, 1.54) is 38.5 Å². The lowest BCUT2D eigenvalue weighted by Crippen LogP contribution is -2.29. The number of esters is 2. The van der Waals surface area contributed by atoms with Crippen molar-refractivity contribution in [3.63, 3.8) is 0 Å². The van der Waals surface area contributed by atoms with Gasteiger partial charge in [0.05, 0.1) is 12.7 Å². The molecule has 0 aliphatic heterocycles. The molecule has 0 spiro atoms. The van der Waals surface area contributed by atoms with Crippen LogP contribution in [0.5, 0.6) is 0 Å². The van der Waals surface area contributed by atoms with E-state index in [-0.39, 0.29) is 19.4 Å². The molecule has 0 heterocycles. The highest BCUT2D eigenvalue weighted by molar-refractivity contribution is 7.46. The summed E-state index contributed by atoms with van der Waals surface area (Å²) in [6.45, 7) is 3.37. The summed E-state index contributed by atoms with van der Waals surface area (Å²) in [5.41, 5.74) is 0. The van der Waals surface area contributed by atoms with E-state index >= 15 is 0 Å². The first-order valence-corrected chi connectivity index (χ1v) is 22.2. The van der Waals surface area contributed by atoms with Crippen LogP contribution in [0, 0.1) is 0 Å². The van der Waals surface area contributed by atoms with E-state index in [4.69, 9.17) is 19.3 Å². The molecule has 3 N–H and O–H groups in total. The fraction of sp³-hybridized carbons (Fsp3) is 0.600. The van der Waals surface area contributed by atoms with Gasteiger partial charge in [-0.25, -0.2) is 4.57 Å². The smallest absolute Gasteiger partial charge is 0.462 e. The Bertz CT molecular complexity index is 1220. The number of hydrogen-bond acceptors (Lipinski definition) is 7. The number of rotatable bonds is 36. The molecule has 10 heteroatoms. The van der Waals surface area contributed by atoms with Gasteiger partial charge in [-0.3, -0.25) is 14.1 Å². The van der Waals surface area contributed by atoms with Crippen LogP contribution < -0.4 is 0 Å². The molecule has 0 rings (SSSR count). The molecule has 0 aliphatic carbocycles. The second kappa shape index (κ2) is 39.2. The predicted molar refractivity (Wildman–Crippen MR) is 226 cm³/mol. The summed E-state index contributed by atoms with van der Waals surface area (Å²) in [6, 6.07) is 0. The highest BCUT2D eigenvalue weighted by atomic mass is 31.2. The van der Waals surface area contributed by atoms with Gasteiger partial charge < -0.3 is 24.4 Å². The van der Waals surface area contributed by atoms with Gasteiger partial charge in [-0.2, -0.15) is 0 Å². The van der Waals surface area contributed by atoms with Gasteiger partial charge in [-0.05, 0) is 77.0 Å². The average Bonchev–Trinajstić information content (AvgIpc) is 3.15. The Morgan fingerprint density at radius 2 is 1.13 bits per heavy atom. The van der Waals surface area contributed by atoms with Crippen LogP contribution in [0.3, 0.4) is 0 Å². The molecule has 0 aromatic carbocycles. The summed E-state index contributed by atoms with van der Waals surface area (Å²) < 4.78 is 26.3. The van der Waals surface area contributed by atoms with Gasteiger partial charge in [-0.1, -0.05) is 156 Å². The molecule has 0 bridgehead atoms. The van der Waals surface area contributed by atoms with Crippen molar-refractivity contribution in [3.05, 3.63) is 97.2 Å². The molecule has 0 aromatic rings. The zero-order chi connectivity index (χ0) is 40.5. The molecule has 0 amide bonds. The van der Waals surface area contributed by atoms with Crippen molar-refractivity contribution in [2.75, 3.05) is 13.2 Å². The van der Waals surface area contributed by atoms with Gasteiger partial charge in [0.25, 0.3) is 0 Å². The minimum atomic E-state index is -4.79. The summed E-state index contributed by atoms with van der Waals surface area (Å²) in [4.78, 5) is 42.8. The maximum Gasteiger partial charge on any atom is 0.469 e. The standard InChI is InChI=1S/C45H73O9P/c1-3-5-7-8-9-10-11-12-13-14-15-18-22-25-28-31-35-39-45(48)54-43(41-53-55(49,50)51)40-52-44(47)38-34-30-27-24-21-19-16-17-20-23-26-29-33-37-42(46)36-32-6-4-2/h6,9-10,12-13,17,19-21,26-27,29-30,32-33,37,42-43,46H,3-5,7-8,11,14-16,18,22-25,28,31,34-36,38-41H2,1-2H3,(H2,49,50,51)/b10-9-,13-12-,20-17-,21-19-,29-26+,30-27-,32-6-,37-33+/t42?,43-/m1/s1. The maximum atomic E-state index is 12.4. The van der Waals surface area contributed by atoms with Gasteiger partial charge in [0.15, 0.2) is 6.10 Å². The molecule has 9 nitrogen and oxygen atoms in total. The molecule has 0 aromatic heterocycles. The zero-order valence-corrected chi connectivity index (χ0v) is 34.8. The molecule has 0 saturated carbocycles. The van der Waals surface area contributed by atoms with Crippen molar-refractivity contribution in [2.24, 2.45) is 0 Å². The fourth-order valence-electron chi connectivity index (χ4n) is 5.10. The Labute approximate surface area is 333 Å². The molecule has 312 valence electrons. The Kier molecular flexibility index (Phi) is 37.0. The highest BCUT2D eigenvalue weighted by Crippen LogP contribution is 2.36. The van der Waals surface area contributed by atoms with Gasteiger partial charge in [-0.15, -0.1) is 0 Å². The van der Waals surface area contributed by atoms with E-state index in [1.807, 2.05) is 48.6 Å². The SMILES string of the molecule is CC/C=C\CC(O)/C=C/C=C/C/C=C\C/C=C\C/C=C\CCC(=O)OC[C@H](COP(=O)(O)O)OC(=O)CCCCCCCCC/C=C\C/C=C\CCCCC. The quantitative estimate of drug-likeness (QED) is 0.0186. The second-order valence-corrected chi connectivity index (χ2v) is 14.7. The van der Waals surface area contributed by atoms with Crippen LogP contribution >= 0.6 is 7.82 Å². The van der Waals surface area contributed by atoms with Gasteiger partial charge >= 0.3 is 19.8 Å². The maximum absolute atomic E-state index is 12.4. The van der Waals surface area contributed by atoms with Crippen LogP contribution in [0.25, 0.3) is 0 Å². The van der Waals surface area contributed by atoms with Crippen molar-refractivity contribution >= 4 is 19.8 Å². The summed E-state index contributed by atoms with van der Waals surface area (Å²) in [7, 11) is -4.79. The largest absolute Gasteiger partial charge is 0.469 e. The highest BCUT2D eigenvalue weighted by Gasteiger charge is 2.22. The number of phosphoric ester groups is 1. The van der Waals surface area contributed by atoms with Gasteiger partial charge in [0, 0.05) is 12.8 Å². The fourth-order valence-corrected chi connectivity index (χ4v) is 5.46. The van der Waals surface area contributed by atoms with E-state index in [9.17, 15) is 19.3 Å². The third-order valence-electron chi connectivity index (χ3n) is 8.18. The van der Waals surface area contributed by atoms with E-state index < -0.39 is 38.6 Å². The lowest BCUT2D eigenvalue weighted by atomic mass is 10.1. The monoisotopic (exact) mass is 788 g/mol. The number of phosphoric acid groups is 1. The van der Waals surface area contributed by atoms with Crippen LogP contribution in [0.4, 0.5) is 0 Å². The van der Waals surface area contributed by atoms with Crippen molar-refractivity contribution in [3.8, 4) is 0 Å². The number of aliphatic hydroxyl groups is 1. The number of carbonyl (C=O) groups is 2. The van der Waals surface area contributed by atoms with Gasteiger partial charge in [0.2, 0.25) is 0 Å². The van der Waals surface area contributed by atoms with Crippen LogP contribution in [0.1, 0.15) is 149 Å². The Balaban J connectivity index is 4.13. The molecular formula is C45H73O9P. The number of aliphatic hydroxyl groups excluding tert-OH is 1. The van der Waals surface area contributed by atoms with E-state index in [1.54, 1.807) is 6.08 Å². The molecule has 0 saturated heterocycles. The van der Waals surface area contributed by atoms with E-state index in [2.05, 4.69) is 60.9 Å². The third-order valence-corrected chi connectivity index (χ3v) is 8.67. The minimum absolute atomic E-state index is 0.119. The third kappa shape index (κ3) is 41.9. The number of carbonyl (C=O) groups excluding carboxylic acids is 2. The Morgan fingerprint density at radius 3 is 1.73 bits per heavy atom. The minimum Gasteiger partial charge on any atom is -0.462 e. The van der Waals surface area contributed by atoms with Crippen LogP contribution in [-0.4, -0.2) is 52.3 Å². The first-order chi connectivity index (χ1) is 26.7. The van der Waals surface area contributed by atoms with Crippen LogP contribution in [-0.2, 0) is 28.2 Å². The first kappa shape index (κ1) is 51.9. The Morgan fingerprint density at radius 1 is 0.582 bits per heavy atom. The molecule has 55 heavy (non-hydrogen) atoms. The van der Waals surface area contributed by atoms with E-state index in [0.29, 0.717) is 19.3 Å². The number of hydrogen-bond donors (Lipinski definition) is 3. The van der Waals surface area contributed by atoms with Crippen molar-refractivity contribution in [1.29, 1.82) is 0 Å². The molecule has 2 atom stereocenters. The second-order valence-electron chi connectivity index (χ2n) is 13.4. The first-order valence-electron chi connectivity index (χ1n) is 20.6. The van der Waals surface area contributed by atoms with Crippen molar-refractivity contribution in [1.82, 2.24) is 0 Å². The predicted octanol–water partition coefficient (Wildman–Crippen LogP) is 11.6. The normalized spacial score (nSPS) is 14.1.